The summed E-state index contributed by atoms with van der Waals surface area (Å²) in [5.41, 5.74) is 15.5. The molecule has 0 aromatic heterocycles. The van der Waals surface area contributed by atoms with Crippen LogP contribution in [0.1, 0.15) is 82.9 Å². The van der Waals surface area contributed by atoms with Gasteiger partial charge in [0.05, 0.1) is 6.42 Å². The van der Waals surface area contributed by atoms with Gasteiger partial charge in [-0.1, -0.05) is 156 Å². The van der Waals surface area contributed by atoms with Crippen LogP contribution in [0.4, 0.5) is 17.1 Å². The number of benzene rings is 3. The lowest BCUT2D eigenvalue weighted by molar-refractivity contribution is -0.156. The van der Waals surface area contributed by atoms with E-state index in [9.17, 15) is 24.0 Å². The molecule has 0 saturated heterocycles. The molecule has 0 unspecified atom stereocenters. The quantitative estimate of drug-likeness (QED) is 0.0937. The molecule has 0 aliphatic heterocycles. The van der Waals surface area contributed by atoms with Crippen molar-refractivity contribution in [2.24, 2.45) is 0 Å². The highest BCUT2D eigenvalue weighted by molar-refractivity contribution is 5.94. The Balaban J connectivity index is 0.000000421. The zero-order valence-electron chi connectivity index (χ0n) is 38.5. The Kier molecular flexibility index (Phi) is 17.1. The predicted molar refractivity (Wildman–Crippen MR) is 268 cm³/mol. The Labute approximate surface area is 393 Å². The van der Waals surface area contributed by atoms with Gasteiger partial charge in [-0.05, 0) is 103 Å². The van der Waals surface area contributed by atoms with E-state index in [0.29, 0.717) is 19.3 Å². The zero-order valence-corrected chi connectivity index (χ0v) is 38.5. The number of carbonyl (C=O) groups is 5. The number of hydrogen-bond donors (Lipinski definition) is 4. The van der Waals surface area contributed by atoms with E-state index in [-0.39, 0.29) is 30.1 Å². The lowest BCUT2D eigenvalue weighted by Crippen LogP contribution is -2.24. The Morgan fingerprint density at radius 3 is 0.896 bits per heavy atom. The minimum atomic E-state index is -0.469. The van der Waals surface area contributed by atoms with Crippen LogP contribution in [0.5, 0.6) is 0 Å². The summed E-state index contributed by atoms with van der Waals surface area (Å²) in [6, 6.07) is 23.8. The zero-order chi connectivity index (χ0) is 47.7. The van der Waals surface area contributed by atoms with Crippen molar-refractivity contribution in [1.29, 1.82) is 0 Å². The number of allylic oxidation sites excluding steroid dienone is 20. The average molecular weight is 893 g/mol. The first-order chi connectivity index (χ1) is 32.3. The van der Waals surface area contributed by atoms with Crippen molar-refractivity contribution < 1.29 is 28.8 Å². The number of anilines is 3. The van der Waals surface area contributed by atoms with Crippen LogP contribution in [0.25, 0.3) is 0 Å². The van der Waals surface area contributed by atoms with E-state index in [2.05, 4.69) is 20.8 Å². The van der Waals surface area contributed by atoms with Crippen LogP contribution >= 0.6 is 0 Å². The first-order valence-corrected chi connectivity index (χ1v) is 22.1. The molecule has 340 valence electrons. The predicted octanol–water partition coefficient (Wildman–Crippen LogP) is 11.6. The smallest absolute Gasteiger partial charge is 0.336 e. The Morgan fingerprint density at radius 2 is 0.642 bits per heavy atom. The fourth-order valence-electron chi connectivity index (χ4n) is 7.62. The normalized spacial score (nSPS) is 13.5. The van der Waals surface area contributed by atoms with Crippen molar-refractivity contribution in [2.45, 2.75) is 66.2 Å². The lowest BCUT2D eigenvalue weighted by Gasteiger charge is -2.20. The van der Waals surface area contributed by atoms with Crippen LogP contribution < -0.4 is 21.4 Å². The number of nitrogens with one attached hydrogen (secondary N) is 4. The third-order valence-electron chi connectivity index (χ3n) is 11.2. The van der Waals surface area contributed by atoms with Gasteiger partial charge in [-0.25, -0.2) is 4.79 Å². The minimum Gasteiger partial charge on any atom is -0.340 e. The van der Waals surface area contributed by atoms with Crippen LogP contribution in [0, 0.1) is 0 Å². The van der Waals surface area contributed by atoms with Crippen molar-refractivity contribution >= 4 is 46.7 Å². The van der Waals surface area contributed by atoms with E-state index in [1.54, 1.807) is 0 Å². The summed E-state index contributed by atoms with van der Waals surface area (Å²) in [4.78, 5) is 64.7. The van der Waals surface area contributed by atoms with Crippen molar-refractivity contribution in [2.75, 3.05) is 16.0 Å². The first kappa shape index (κ1) is 48.3. The van der Waals surface area contributed by atoms with E-state index in [4.69, 9.17) is 0 Å². The Hall–Kier alpha value is -8.11. The van der Waals surface area contributed by atoms with Crippen LogP contribution in [-0.4, -0.2) is 29.6 Å². The SMILES string of the molecule is CC(=O)NOC(=O)CC(C)=C1C=CC=C1.CC(CC(=O)Nc1ccc(C(c2ccc(NC(=O)CC(C)=C3C=CC=C3)cc2)c2ccc(NC(=O)CC(C)=C3C=CC=C3)cc2)cc1)=C1C=CC=C1. The largest absolute Gasteiger partial charge is 0.340 e. The van der Waals surface area contributed by atoms with Gasteiger partial charge in [-0.3, -0.25) is 19.2 Å². The lowest BCUT2D eigenvalue weighted by atomic mass is 9.85. The van der Waals surface area contributed by atoms with Crippen LogP contribution in [-0.2, 0) is 28.8 Å². The molecule has 4 N–H and O–H groups in total. The molecule has 4 amide bonds. The van der Waals surface area contributed by atoms with Crippen molar-refractivity contribution in [3.63, 3.8) is 0 Å². The van der Waals surface area contributed by atoms with E-state index >= 15 is 0 Å². The molecular formula is C57H56N4O6. The number of amides is 4. The second kappa shape index (κ2) is 23.7. The fourth-order valence-corrected chi connectivity index (χ4v) is 7.62. The number of hydroxylamine groups is 1. The summed E-state index contributed by atoms with van der Waals surface area (Å²) in [6.45, 7) is 9.06. The highest BCUT2D eigenvalue weighted by atomic mass is 16.7. The number of carbonyl (C=O) groups excluding carboxylic acids is 5. The Morgan fingerprint density at radius 1 is 0.388 bits per heavy atom. The number of rotatable bonds is 14. The van der Waals surface area contributed by atoms with E-state index in [1.807, 2.05) is 203 Å². The molecule has 7 rings (SSSR count). The van der Waals surface area contributed by atoms with Gasteiger partial charge in [0.25, 0.3) is 0 Å². The molecule has 4 aliphatic carbocycles. The van der Waals surface area contributed by atoms with Gasteiger partial charge in [-0.2, -0.15) is 5.48 Å². The molecule has 3 aromatic carbocycles. The molecular weight excluding hydrogens is 837 g/mol. The maximum atomic E-state index is 12.8. The van der Waals surface area contributed by atoms with Crippen molar-refractivity contribution in [1.82, 2.24) is 5.48 Å². The maximum Gasteiger partial charge on any atom is 0.336 e. The Bertz CT molecular complexity index is 2460. The van der Waals surface area contributed by atoms with E-state index < -0.39 is 11.9 Å². The molecule has 4 aliphatic rings. The van der Waals surface area contributed by atoms with Gasteiger partial charge >= 0.3 is 5.97 Å². The van der Waals surface area contributed by atoms with Gasteiger partial charge in [-0.15, -0.1) is 0 Å². The molecule has 0 saturated carbocycles. The fraction of sp³-hybridized carbons (Fsp3) is 0.175. The number of hydrogen-bond acceptors (Lipinski definition) is 6. The highest BCUT2D eigenvalue weighted by Crippen LogP contribution is 2.34. The van der Waals surface area contributed by atoms with Crippen molar-refractivity contribution in [3.05, 3.63) is 231 Å². The second-order valence-electron chi connectivity index (χ2n) is 16.6. The highest BCUT2D eigenvalue weighted by Gasteiger charge is 2.19. The van der Waals surface area contributed by atoms with Gasteiger partial charge in [0.15, 0.2) is 0 Å². The van der Waals surface area contributed by atoms with E-state index in [1.165, 1.54) is 6.92 Å². The summed E-state index contributed by atoms with van der Waals surface area (Å²) in [7, 11) is 0. The average Bonchev–Trinajstić information content (AvgIpc) is 4.17. The third-order valence-corrected chi connectivity index (χ3v) is 11.2. The molecule has 0 radical (unpaired) electrons. The first-order valence-electron chi connectivity index (χ1n) is 22.1. The molecule has 0 heterocycles. The van der Waals surface area contributed by atoms with Crippen LogP contribution in [0.3, 0.4) is 0 Å². The topological polar surface area (TPSA) is 143 Å². The molecule has 0 fully saturated rings. The third kappa shape index (κ3) is 14.7. The minimum absolute atomic E-state index is 0.0663. The molecule has 0 atom stereocenters. The van der Waals surface area contributed by atoms with Gasteiger partial charge in [0.2, 0.25) is 23.6 Å². The standard InChI is InChI=1S/C46H43N3O3.C11H13NO3/c1-31(34-10-4-5-11-34)28-43(50)47-40-22-16-37(17-23-40)46(38-18-24-41(25-19-38)48-44(51)29-32(2)35-12-6-7-13-35)39-20-26-42(27-21-39)49-45(52)30-33(3)36-14-8-9-15-36;1-8(10-5-3-4-6-10)7-11(14)15-12-9(2)13/h4-27,46H,28-30H2,1-3H3,(H,47,50)(H,48,51)(H,49,52);3-6H,7H2,1-2H3,(H,12,13). The van der Waals surface area contributed by atoms with Gasteiger partial charge in [0.1, 0.15) is 0 Å². The van der Waals surface area contributed by atoms with Crippen LogP contribution in [0.15, 0.2) is 215 Å². The summed E-state index contributed by atoms with van der Waals surface area (Å²) in [5, 5.41) is 9.10. The summed E-state index contributed by atoms with van der Waals surface area (Å²) in [6.07, 6.45) is 32.6. The molecule has 0 bridgehead atoms. The van der Waals surface area contributed by atoms with Gasteiger partial charge in [0, 0.05) is 49.2 Å². The van der Waals surface area contributed by atoms with Gasteiger partial charge < -0.3 is 20.8 Å². The second-order valence-corrected chi connectivity index (χ2v) is 16.6. The molecule has 3 aromatic rings. The maximum absolute atomic E-state index is 12.8. The van der Waals surface area contributed by atoms with Crippen molar-refractivity contribution in [3.8, 4) is 0 Å². The van der Waals surface area contributed by atoms with Crippen LogP contribution in [0.2, 0.25) is 0 Å². The molecule has 67 heavy (non-hydrogen) atoms. The molecule has 10 heteroatoms. The molecule has 0 spiro atoms. The summed E-state index contributed by atoms with van der Waals surface area (Å²) >= 11 is 0. The summed E-state index contributed by atoms with van der Waals surface area (Å²) in [5.74, 6) is -1.21. The summed E-state index contributed by atoms with van der Waals surface area (Å²) < 4.78 is 0. The molecule has 10 nitrogen and oxygen atoms in total. The monoisotopic (exact) mass is 892 g/mol. The van der Waals surface area contributed by atoms with E-state index in [0.717, 1.165) is 78.3 Å².